The molecule has 0 saturated carbocycles. The van der Waals surface area contributed by atoms with Crippen LogP contribution in [0.3, 0.4) is 0 Å². The number of hydrogen-bond donors (Lipinski definition) is 2. The van der Waals surface area contributed by atoms with Crippen molar-refractivity contribution in [3.63, 3.8) is 0 Å². The van der Waals surface area contributed by atoms with Gasteiger partial charge < -0.3 is 10.4 Å². The second-order valence-corrected chi connectivity index (χ2v) is 5.24. The Bertz CT molecular complexity index is 530. The third-order valence-electron chi connectivity index (χ3n) is 3.67. The van der Waals surface area contributed by atoms with E-state index in [0.29, 0.717) is 37.3 Å². The van der Waals surface area contributed by atoms with Gasteiger partial charge in [-0.15, -0.1) is 0 Å². The number of carbonyl (C=O) groups excluding carboxylic acids is 1. The first-order valence-corrected chi connectivity index (χ1v) is 6.80. The molecule has 2 N–H and O–H groups in total. The molecule has 5 nitrogen and oxygen atoms in total. The molecule has 1 aromatic carbocycles. The van der Waals surface area contributed by atoms with Crippen LogP contribution >= 0.6 is 0 Å². The normalized spacial score (nSPS) is 17.1. The minimum absolute atomic E-state index is 0.111. The maximum atomic E-state index is 11.8. The maximum absolute atomic E-state index is 11.8. The first kappa shape index (κ1) is 14.5. The Hall–Kier alpha value is -1.90. The number of nitriles is 1. The van der Waals surface area contributed by atoms with E-state index in [1.54, 1.807) is 24.3 Å². The lowest BCUT2D eigenvalue weighted by Crippen LogP contribution is -2.61. The van der Waals surface area contributed by atoms with Gasteiger partial charge in [0, 0.05) is 26.1 Å². The zero-order chi connectivity index (χ0) is 14.6. The summed E-state index contributed by atoms with van der Waals surface area (Å²) in [5, 5.41) is 21.6. The van der Waals surface area contributed by atoms with Crippen LogP contribution < -0.4 is 5.32 Å². The molecule has 1 amide bonds. The van der Waals surface area contributed by atoms with Crippen molar-refractivity contribution in [1.82, 2.24) is 4.90 Å². The summed E-state index contributed by atoms with van der Waals surface area (Å²) in [4.78, 5) is 13.9. The predicted molar refractivity (Wildman–Crippen MR) is 76.1 cm³/mol. The molecule has 0 aromatic heterocycles. The van der Waals surface area contributed by atoms with E-state index >= 15 is 0 Å². The number of nitrogens with one attached hydrogen (secondary N) is 1. The monoisotopic (exact) mass is 273 g/mol. The summed E-state index contributed by atoms with van der Waals surface area (Å²) >= 11 is 0. The molecule has 1 heterocycles. The molecule has 0 bridgehead atoms. The predicted octanol–water partition coefficient (Wildman–Crippen LogP) is 1.34. The van der Waals surface area contributed by atoms with Gasteiger partial charge in [0.25, 0.3) is 0 Å². The fourth-order valence-electron chi connectivity index (χ4n) is 2.33. The van der Waals surface area contributed by atoms with E-state index in [-0.39, 0.29) is 5.91 Å². The third-order valence-corrected chi connectivity index (χ3v) is 3.67. The zero-order valence-corrected chi connectivity index (χ0v) is 11.6. The first-order valence-electron chi connectivity index (χ1n) is 6.80. The second kappa shape index (κ2) is 6.04. The average Bonchev–Trinajstić information content (AvgIpc) is 2.43. The summed E-state index contributed by atoms with van der Waals surface area (Å²) in [7, 11) is 0. The molecule has 1 aliphatic rings. The van der Waals surface area contributed by atoms with Gasteiger partial charge in [-0.3, -0.25) is 9.69 Å². The van der Waals surface area contributed by atoms with Crippen LogP contribution in [0.25, 0.3) is 0 Å². The number of β-amino-alcohol motifs (C(OH)–C–C–N with tert-alkyl or cyclic N) is 1. The van der Waals surface area contributed by atoms with Crippen molar-refractivity contribution in [3.8, 4) is 6.07 Å². The van der Waals surface area contributed by atoms with Gasteiger partial charge in [-0.25, -0.2) is 0 Å². The highest BCUT2D eigenvalue weighted by molar-refractivity contribution is 5.92. The fraction of sp³-hybridized carbons (Fsp3) is 0.467. The Morgan fingerprint density at radius 3 is 2.85 bits per heavy atom. The lowest BCUT2D eigenvalue weighted by atomic mass is 9.91. The Morgan fingerprint density at radius 2 is 2.20 bits per heavy atom. The Balaban J connectivity index is 1.78. The number of carbonyl (C=O) groups is 1. The Labute approximate surface area is 118 Å². The van der Waals surface area contributed by atoms with Crippen LogP contribution in [0.2, 0.25) is 0 Å². The van der Waals surface area contributed by atoms with Crippen molar-refractivity contribution in [3.05, 3.63) is 29.8 Å². The van der Waals surface area contributed by atoms with Gasteiger partial charge in [0.05, 0.1) is 16.9 Å². The molecule has 1 aliphatic heterocycles. The number of para-hydroxylation sites is 1. The number of likely N-dealkylation sites (tertiary alicyclic amines) is 1. The van der Waals surface area contributed by atoms with Crippen LogP contribution in [0.15, 0.2) is 24.3 Å². The topological polar surface area (TPSA) is 76.4 Å². The van der Waals surface area contributed by atoms with Crippen molar-refractivity contribution in [2.75, 3.05) is 25.0 Å². The van der Waals surface area contributed by atoms with Crippen molar-refractivity contribution < 1.29 is 9.90 Å². The molecule has 0 spiro atoms. The van der Waals surface area contributed by atoms with Crippen LogP contribution in [-0.4, -0.2) is 41.1 Å². The summed E-state index contributed by atoms with van der Waals surface area (Å²) < 4.78 is 0. The van der Waals surface area contributed by atoms with E-state index in [9.17, 15) is 9.90 Å². The molecule has 0 atom stereocenters. The molecule has 1 aromatic rings. The number of hydrogen-bond acceptors (Lipinski definition) is 4. The van der Waals surface area contributed by atoms with Crippen molar-refractivity contribution in [2.24, 2.45) is 0 Å². The highest BCUT2D eigenvalue weighted by atomic mass is 16.3. The number of aliphatic hydroxyl groups is 1. The summed E-state index contributed by atoms with van der Waals surface area (Å²) in [6, 6.07) is 8.99. The largest absolute Gasteiger partial charge is 0.387 e. The molecule has 0 aliphatic carbocycles. The van der Waals surface area contributed by atoms with Crippen LogP contribution in [0, 0.1) is 11.3 Å². The number of amides is 1. The van der Waals surface area contributed by atoms with Crippen LogP contribution in [-0.2, 0) is 4.79 Å². The van der Waals surface area contributed by atoms with E-state index < -0.39 is 5.60 Å². The van der Waals surface area contributed by atoms with E-state index in [0.717, 1.165) is 6.42 Å². The average molecular weight is 273 g/mol. The Morgan fingerprint density at radius 1 is 1.50 bits per heavy atom. The molecule has 5 heteroatoms. The third kappa shape index (κ3) is 3.35. The first-order chi connectivity index (χ1) is 9.56. The molecule has 0 radical (unpaired) electrons. The lowest BCUT2D eigenvalue weighted by molar-refractivity contribution is -0.121. The van der Waals surface area contributed by atoms with E-state index in [1.165, 1.54) is 0 Å². The zero-order valence-electron chi connectivity index (χ0n) is 11.6. The van der Waals surface area contributed by atoms with Gasteiger partial charge in [-0.05, 0) is 18.6 Å². The van der Waals surface area contributed by atoms with Crippen LogP contribution in [0.5, 0.6) is 0 Å². The summed E-state index contributed by atoms with van der Waals surface area (Å²) in [5.74, 6) is -0.111. The molecule has 20 heavy (non-hydrogen) atoms. The molecule has 1 fully saturated rings. The van der Waals surface area contributed by atoms with Crippen molar-refractivity contribution in [2.45, 2.75) is 25.4 Å². The van der Waals surface area contributed by atoms with Gasteiger partial charge in [0.15, 0.2) is 0 Å². The second-order valence-electron chi connectivity index (χ2n) is 5.24. The fourth-order valence-corrected chi connectivity index (χ4v) is 2.33. The standard InChI is InChI=1S/C15H19N3O2/c1-2-15(20)10-18(11-15)8-7-14(19)17-13-6-4-3-5-12(13)9-16/h3-6,20H,2,7-8,10-11H2,1H3,(H,17,19). The molecule has 1 saturated heterocycles. The minimum Gasteiger partial charge on any atom is -0.387 e. The van der Waals surface area contributed by atoms with Crippen molar-refractivity contribution >= 4 is 11.6 Å². The van der Waals surface area contributed by atoms with Gasteiger partial charge in [0.1, 0.15) is 6.07 Å². The number of benzene rings is 1. The Kier molecular flexibility index (Phi) is 4.38. The molecular formula is C15H19N3O2. The van der Waals surface area contributed by atoms with E-state index in [2.05, 4.69) is 10.2 Å². The molecule has 0 unspecified atom stereocenters. The number of rotatable bonds is 5. The van der Waals surface area contributed by atoms with Gasteiger partial charge >= 0.3 is 0 Å². The SMILES string of the molecule is CCC1(O)CN(CCC(=O)Nc2ccccc2C#N)C1. The summed E-state index contributed by atoms with van der Waals surface area (Å²) in [6.45, 7) is 3.85. The van der Waals surface area contributed by atoms with E-state index in [1.807, 2.05) is 13.0 Å². The minimum atomic E-state index is -0.566. The molecule has 2 rings (SSSR count). The van der Waals surface area contributed by atoms with Crippen LogP contribution in [0.4, 0.5) is 5.69 Å². The van der Waals surface area contributed by atoms with Gasteiger partial charge in [-0.2, -0.15) is 5.26 Å². The van der Waals surface area contributed by atoms with Crippen molar-refractivity contribution in [1.29, 1.82) is 5.26 Å². The quantitative estimate of drug-likeness (QED) is 0.849. The summed E-state index contributed by atoms with van der Waals surface area (Å²) in [5.41, 5.74) is 0.447. The van der Waals surface area contributed by atoms with Gasteiger partial charge in [0.2, 0.25) is 5.91 Å². The lowest BCUT2D eigenvalue weighted by Gasteiger charge is -2.46. The highest BCUT2D eigenvalue weighted by Gasteiger charge is 2.38. The molecular weight excluding hydrogens is 254 g/mol. The van der Waals surface area contributed by atoms with Gasteiger partial charge in [-0.1, -0.05) is 19.1 Å². The smallest absolute Gasteiger partial charge is 0.225 e. The van der Waals surface area contributed by atoms with E-state index in [4.69, 9.17) is 5.26 Å². The number of nitrogens with zero attached hydrogens (tertiary/aromatic N) is 2. The van der Waals surface area contributed by atoms with Crippen LogP contribution in [0.1, 0.15) is 25.3 Å². The highest BCUT2D eigenvalue weighted by Crippen LogP contribution is 2.24. The molecule has 106 valence electrons. The summed E-state index contributed by atoms with van der Waals surface area (Å²) in [6.07, 6.45) is 1.10. The maximum Gasteiger partial charge on any atom is 0.225 e. The number of anilines is 1.